The van der Waals surface area contributed by atoms with E-state index in [-0.39, 0.29) is 6.04 Å². The van der Waals surface area contributed by atoms with Crippen LogP contribution in [0.3, 0.4) is 0 Å². The zero-order valence-corrected chi connectivity index (χ0v) is 13.0. The highest BCUT2D eigenvalue weighted by Crippen LogP contribution is 2.31. The summed E-state index contributed by atoms with van der Waals surface area (Å²) in [7, 11) is 0. The van der Waals surface area contributed by atoms with Gasteiger partial charge in [0.15, 0.2) is 0 Å². The molecular formula is C14H12Cl3NS. The van der Waals surface area contributed by atoms with Gasteiger partial charge in [0.2, 0.25) is 0 Å². The Balaban J connectivity index is 2.03. The van der Waals surface area contributed by atoms with Crippen molar-refractivity contribution in [2.45, 2.75) is 10.9 Å². The van der Waals surface area contributed by atoms with Crippen molar-refractivity contribution in [2.75, 3.05) is 5.75 Å². The Hall–Kier alpha value is -0.380. The standard InChI is InChI=1S/C14H12Cl3NS/c15-10-6-5-9(7-12(10)17)13(18)8-19-14-4-2-1-3-11(14)16/h1-7,13H,8,18H2. The number of nitrogens with two attached hydrogens (primary N) is 1. The molecule has 2 N–H and O–H groups in total. The molecule has 0 radical (unpaired) electrons. The minimum absolute atomic E-state index is 0.115. The van der Waals surface area contributed by atoms with Gasteiger partial charge in [0, 0.05) is 16.7 Å². The maximum absolute atomic E-state index is 6.15. The highest BCUT2D eigenvalue weighted by atomic mass is 35.5. The van der Waals surface area contributed by atoms with E-state index in [0.29, 0.717) is 10.0 Å². The van der Waals surface area contributed by atoms with Gasteiger partial charge in [-0.3, -0.25) is 0 Å². The predicted octanol–water partition coefficient (Wildman–Crippen LogP) is 5.44. The van der Waals surface area contributed by atoms with Gasteiger partial charge in [-0.1, -0.05) is 53.0 Å². The summed E-state index contributed by atoms with van der Waals surface area (Å²) in [5, 5.41) is 1.81. The molecule has 1 nitrogen and oxygen atoms in total. The van der Waals surface area contributed by atoms with E-state index in [2.05, 4.69) is 0 Å². The van der Waals surface area contributed by atoms with Crippen LogP contribution in [0, 0.1) is 0 Å². The molecule has 0 saturated heterocycles. The summed E-state index contributed by atoms with van der Waals surface area (Å²) in [6.45, 7) is 0. The third kappa shape index (κ3) is 4.04. The fraction of sp³-hybridized carbons (Fsp3) is 0.143. The lowest BCUT2D eigenvalue weighted by molar-refractivity contribution is 0.831. The van der Waals surface area contributed by atoms with Gasteiger partial charge in [0.05, 0.1) is 15.1 Å². The first-order valence-corrected chi connectivity index (χ1v) is 7.77. The molecule has 2 rings (SSSR count). The Labute approximate surface area is 132 Å². The molecule has 0 aliphatic heterocycles. The van der Waals surface area contributed by atoms with Gasteiger partial charge < -0.3 is 5.73 Å². The second kappa shape index (κ2) is 6.87. The largest absolute Gasteiger partial charge is 0.323 e. The molecule has 0 aromatic heterocycles. The average Bonchev–Trinajstić information content (AvgIpc) is 2.40. The SMILES string of the molecule is NC(CSc1ccccc1Cl)c1ccc(Cl)c(Cl)c1. The first kappa shape index (κ1) is 15.0. The molecule has 0 amide bonds. The van der Waals surface area contributed by atoms with E-state index in [4.69, 9.17) is 40.5 Å². The fourth-order valence-corrected chi connectivity index (χ4v) is 3.12. The molecule has 0 fully saturated rings. The van der Waals surface area contributed by atoms with Gasteiger partial charge in [0.1, 0.15) is 0 Å². The van der Waals surface area contributed by atoms with Crippen molar-refractivity contribution in [1.82, 2.24) is 0 Å². The Bertz CT molecular complexity index is 574. The third-order valence-electron chi connectivity index (χ3n) is 2.63. The molecule has 2 aromatic carbocycles. The highest BCUT2D eigenvalue weighted by Gasteiger charge is 2.10. The van der Waals surface area contributed by atoms with Gasteiger partial charge in [-0.05, 0) is 29.8 Å². The first-order chi connectivity index (χ1) is 9.08. The molecule has 5 heteroatoms. The van der Waals surface area contributed by atoms with Crippen molar-refractivity contribution in [3.05, 3.63) is 63.1 Å². The van der Waals surface area contributed by atoms with Crippen molar-refractivity contribution in [2.24, 2.45) is 5.73 Å². The minimum Gasteiger partial charge on any atom is -0.323 e. The van der Waals surface area contributed by atoms with Crippen LogP contribution in [-0.2, 0) is 0 Å². The van der Waals surface area contributed by atoms with Crippen LogP contribution in [0.4, 0.5) is 0 Å². The molecule has 0 saturated carbocycles. The third-order valence-corrected chi connectivity index (χ3v) is 5.00. The summed E-state index contributed by atoms with van der Waals surface area (Å²) in [4.78, 5) is 1.03. The number of thioether (sulfide) groups is 1. The smallest absolute Gasteiger partial charge is 0.0595 e. The normalized spacial score (nSPS) is 12.4. The van der Waals surface area contributed by atoms with Crippen molar-refractivity contribution in [1.29, 1.82) is 0 Å². The maximum Gasteiger partial charge on any atom is 0.0595 e. The van der Waals surface area contributed by atoms with Crippen LogP contribution in [0.5, 0.6) is 0 Å². The Morgan fingerprint density at radius 1 is 0.947 bits per heavy atom. The molecule has 1 unspecified atom stereocenters. The average molecular weight is 333 g/mol. The van der Waals surface area contributed by atoms with E-state index >= 15 is 0 Å². The number of benzene rings is 2. The van der Waals surface area contributed by atoms with Crippen LogP contribution in [-0.4, -0.2) is 5.75 Å². The lowest BCUT2D eigenvalue weighted by atomic mass is 10.1. The van der Waals surface area contributed by atoms with E-state index in [1.165, 1.54) is 0 Å². The van der Waals surface area contributed by atoms with Crippen LogP contribution < -0.4 is 5.73 Å². The molecule has 0 spiro atoms. The zero-order chi connectivity index (χ0) is 13.8. The van der Waals surface area contributed by atoms with Crippen molar-refractivity contribution in [3.8, 4) is 0 Å². The summed E-state index contributed by atoms with van der Waals surface area (Å²) < 4.78 is 0. The molecule has 19 heavy (non-hydrogen) atoms. The lowest BCUT2D eigenvalue weighted by Crippen LogP contribution is -2.12. The fourth-order valence-electron chi connectivity index (χ4n) is 1.58. The number of halogens is 3. The monoisotopic (exact) mass is 331 g/mol. The second-order valence-electron chi connectivity index (χ2n) is 4.02. The first-order valence-electron chi connectivity index (χ1n) is 5.66. The number of rotatable bonds is 4. The summed E-state index contributed by atoms with van der Waals surface area (Å²) >= 11 is 19.6. The predicted molar refractivity (Wildman–Crippen MR) is 85.6 cm³/mol. The van der Waals surface area contributed by atoms with Crippen LogP contribution in [0.25, 0.3) is 0 Å². The second-order valence-corrected chi connectivity index (χ2v) is 6.30. The molecule has 0 heterocycles. The maximum atomic E-state index is 6.15. The molecule has 1 atom stereocenters. The topological polar surface area (TPSA) is 26.0 Å². The summed E-state index contributed by atoms with van der Waals surface area (Å²) in [5.74, 6) is 0.724. The summed E-state index contributed by atoms with van der Waals surface area (Å²) in [6, 6.07) is 13.1. The molecular weight excluding hydrogens is 321 g/mol. The van der Waals surface area contributed by atoms with E-state index in [1.807, 2.05) is 36.4 Å². The van der Waals surface area contributed by atoms with Crippen LogP contribution in [0.15, 0.2) is 47.4 Å². The van der Waals surface area contributed by atoms with Crippen molar-refractivity contribution >= 4 is 46.6 Å². The van der Waals surface area contributed by atoms with Gasteiger partial charge in [-0.2, -0.15) is 0 Å². The number of hydrogen-bond donors (Lipinski definition) is 1. The van der Waals surface area contributed by atoms with Gasteiger partial charge in [-0.25, -0.2) is 0 Å². The summed E-state index contributed by atoms with van der Waals surface area (Å²) in [6.07, 6.45) is 0. The molecule has 0 bridgehead atoms. The quantitative estimate of drug-likeness (QED) is 0.754. The highest BCUT2D eigenvalue weighted by molar-refractivity contribution is 7.99. The Morgan fingerprint density at radius 3 is 2.37 bits per heavy atom. The van der Waals surface area contributed by atoms with Gasteiger partial charge >= 0.3 is 0 Å². The van der Waals surface area contributed by atoms with E-state index in [0.717, 1.165) is 21.2 Å². The van der Waals surface area contributed by atoms with E-state index < -0.39 is 0 Å². The van der Waals surface area contributed by atoms with Crippen LogP contribution in [0.1, 0.15) is 11.6 Å². The van der Waals surface area contributed by atoms with Gasteiger partial charge in [-0.15, -0.1) is 11.8 Å². The minimum atomic E-state index is -0.115. The van der Waals surface area contributed by atoms with Crippen molar-refractivity contribution in [3.63, 3.8) is 0 Å². The lowest BCUT2D eigenvalue weighted by Gasteiger charge is -2.13. The molecule has 0 aliphatic rings. The van der Waals surface area contributed by atoms with Gasteiger partial charge in [0.25, 0.3) is 0 Å². The Morgan fingerprint density at radius 2 is 1.68 bits per heavy atom. The molecule has 2 aromatic rings. The van der Waals surface area contributed by atoms with Crippen LogP contribution in [0.2, 0.25) is 15.1 Å². The molecule has 0 aliphatic carbocycles. The zero-order valence-electron chi connectivity index (χ0n) is 9.95. The van der Waals surface area contributed by atoms with E-state index in [9.17, 15) is 0 Å². The van der Waals surface area contributed by atoms with E-state index in [1.54, 1.807) is 17.8 Å². The molecule has 100 valence electrons. The van der Waals surface area contributed by atoms with Crippen LogP contribution >= 0.6 is 46.6 Å². The number of hydrogen-bond acceptors (Lipinski definition) is 2. The van der Waals surface area contributed by atoms with Crippen molar-refractivity contribution < 1.29 is 0 Å². The Kier molecular flexibility index (Phi) is 5.43. The summed E-state index contributed by atoms with van der Waals surface area (Å²) in [5.41, 5.74) is 7.11.